The van der Waals surface area contributed by atoms with Crippen LogP contribution in [0.15, 0.2) is 24.3 Å². The molecule has 0 unspecified atom stereocenters. The quantitative estimate of drug-likeness (QED) is 0.641. The molecule has 0 aliphatic rings. The predicted octanol–water partition coefficient (Wildman–Crippen LogP) is 0.581. The van der Waals surface area contributed by atoms with Gasteiger partial charge in [0.05, 0.1) is 19.8 Å². The summed E-state index contributed by atoms with van der Waals surface area (Å²) in [6.45, 7) is 2.66. The lowest BCUT2D eigenvalue weighted by atomic mass is 10.1. The fourth-order valence-electron chi connectivity index (χ4n) is 1.62. The molecule has 106 valence electrons. The smallest absolute Gasteiger partial charge is 0.251 e. The number of nitrogens with two attached hydrogens (primary N) is 1. The molecule has 0 aliphatic carbocycles. The molecule has 1 aromatic carbocycles. The van der Waals surface area contributed by atoms with E-state index in [2.05, 4.69) is 5.32 Å². The summed E-state index contributed by atoms with van der Waals surface area (Å²) in [6.07, 6.45) is 0.779. The number of hydrogen-bond donors (Lipinski definition) is 2. The molecule has 3 N–H and O–H groups in total. The molecule has 0 saturated carbocycles. The molecule has 1 rings (SSSR count). The van der Waals surface area contributed by atoms with Gasteiger partial charge in [0, 0.05) is 19.2 Å². The lowest BCUT2D eigenvalue weighted by Crippen LogP contribution is -2.27. The molecule has 5 heteroatoms. The Morgan fingerprint density at radius 3 is 2.89 bits per heavy atom. The van der Waals surface area contributed by atoms with E-state index in [-0.39, 0.29) is 5.91 Å². The van der Waals surface area contributed by atoms with E-state index in [1.807, 2.05) is 18.2 Å². The van der Waals surface area contributed by atoms with Crippen LogP contribution in [0.5, 0.6) is 0 Å². The fourth-order valence-corrected chi connectivity index (χ4v) is 1.62. The van der Waals surface area contributed by atoms with Gasteiger partial charge in [0.15, 0.2) is 0 Å². The second-order valence-corrected chi connectivity index (χ2v) is 4.10. The number of carbonyl (C=O) groups excluding carboxylic acids is 1. The normalized spacial score (nSPS) is 10.4. The van der Waals surface area contributed by atoms with E-state index < -0.39 is 0 Å². The minimum absolute atomic E-state index is 0.0887. The van der Waals surface area contributed by atoms with Crippen molar-refractivity contribution in [3.8, 4) is 0 Å². The molecule has 1 amide bonds. The van der Waals surface area contributed by atoms with Crippen LogP contribution in [0.2, 0.25) is 0 Å². The second-order valence-electron chi connectivity index (χ2n) is 4.10. The van der Waals surface area contributed by atoms with Crippen molar-refractivity contribution < 1.29 is 14.3 Å². The second kappa shape index (κ2) is 9.49. The zero-order chi connectivity index (χ0) is 13.9. The number of methoxy groups -OCH3 is 1. The van der Waals surface area contributed by atoms with Gasteiger partial charge < -0.3 is 20.5 Å². The number of hydrogen-bond acceptors (Lipinski definition) is 4. The van der Waals surface area contributed by atoms with Crippen LogP contribution >= 0.6 is 0 Å². The molecule has 19 heavy (non-hydrogen) atoms. The van der Waals surface area contributed by atoms with Gasteiger partial charge in [0.1, 0.15) is 0 Å². The average Bonchev–Trinajstić information content (AvgIpc) is 2.43. The molecule has 0 aromatic heterocycles. The number of nitrogens with one attached hydrogen (secondary N) is 1. The lowest BCUT2D eigenvalue weighted by Gasteiger charge is -2.07. The van der Waals surface area contributed by atoms with Gasteiger partial charge in [-0.15, -0.1) is 0 Å². The van der Waals surface area contributed by atoms with Crippen LogP contribution in [0.3, 0.4) is 0 Å². The zero-order valence-electron chi connectivity index (χ0n) is 11.4. The van der Waals surface area contributed by atoms with E-state index in [4.69, 9.17) is 15.2 Å². The maximum Gasteiger partial charge on any atom is 0.251 e. The Bertz CT molecular complexity index is 383. The van der Waals surface area contributed by atoms with Crippen molar-refractivity contribution in [3.63, 3.8) is 0 Å². The Balaban J connectivity index is 2.30. The Labute approximate surface area is 114 Å². The van der Waals surface area contributed by atoms with Gasteiger partial charge in [-0.3, -0.25) is 4.79 Å². The average molecular weight is 266 g/mol. The van der Waals surface area contributed by atoms with E-state index >= 15 is 0 Å². The highest BCUT2D eigenvalue weighted by atomic mass is 16.5. The number of benzene rings is 1. The molecular formula is C14H22N2O3. The van der Waals surface area contributed by atoms with Gasteiger partial charge in [-0.25, -0.2) is 0 Å². The third kappa shape index (κ3) is 6.33. The van der Waals surface area contributed by atoms with Crippen LogP contribution in [0, 0.1) is 0 Å². The minimum Gasteiger partial charge on any atom is -0.382 e. The summed E-state index contributed by atoms with van der Waals surface area (Å²) in [5.74, 6) is -0.0887. The number of amides is 1. The summed E-state index contributed by atoms with van der Waals surface area (Å²) in [5, 5.41) is 2.81. The van der Waals surface area contributed by atoms with Crippen molar-refractivity contribution in [1.82, 2.24) is 5.32 Å². The van der Waals surface area contributed by atoms with Crippen LogP contribution < -0.4 is 11.1 Å². The first-order valence-corrected chi connectivity index (χ1v) is 6.42. The highest BCUT2D eigenvalue weighted by molar-refractivity contribution is 5.94. The molecule has 5 nitrogen and oxygen atoms in total. The maximum absolute atomic E-state index is 11.9. The van der Waals surface area contributed by atoms with Crippen LogP contribution in [-0.4, -0.2) is 45.9 Å². The summed E-state index contributed by atoms with van der Waals surface area (Å²) < 4.78 is 10.1. The van der Waals surface area contributed by atoms with Gasteiger partial charge in [-0.05, 0) is 30.7 Å². The summed E-state index contributed by atoms with van der Waals surface area (Å²) in [4.78, 5) is 11.9. The topological polar surface area (TPSA) is 73.6 Å². The summed E-state index contributed by atoms with van der Waals surface area (Å²) in [6, 6.07) is 7.50. The molecule has 0 spiro atoms. The highest BCUT2D eigenvalue weighted by Crippen LogP contribution is 2.05. The van der Waals surface area contributed by atoms with Gasteiger partial charge in [-0.1, -0.05) is 12.1 Å². The molecule has 1 aromatic rings. The van der Waals surface area contributed by atoms with E-state index in [9.17, 15) is 4.79 Å². The largest absolute Gasteiger partial charge is 0.382 e. The van der Waals surface area contributed by atoms with Crippen molar-refractivity contribution in [3.05, 3.63) is 35.4 Å². The van der Waals surface area contributed by atoms with Crippen LogP contribution in [0.25, 0.3) is 0 Å². The molecule has 0 fully saturated rings. The minimum atomic E-state index is -0.0887. The summed E-state index contributed by atoms with van der Waals surface area (Å²) in [7, 11) is 1.62. The molecule has 0 radical (unpaired) electrons. The van der Waals surface area contributed by atoms with Gasteiger partial charge in [-0.2, -0.15) is 0 Å². The Morgan fingerprint density at radius 2 is 2.16 bits per heavy atom. The van der Waals surface area contributed by atoms with Gasteiger partial charge in [0.25, 0.3) is 5.91 Å². The van der Waals surface area contributed by atoms with E-state index in [0.717, 1.165) is 12.0 Å². The van der Waals surface area contributed by atoms with Crippen LogP contribution in [0.1, 0.15) is 15.9 Å². The summed E-state index contributed by atoms with van der Waals surface area (Å²) >= 11 is 0. The van der Waals surface area contributed by atoms with Crippen molar-refractivity contribution >= 4 is 5.91 Å². The maximum atomic E-state index is 11.9. The van der Waals surface area contributed by atoms with Gasteiger partial charge >= 0.3 is 0 Å². The van der Waals surface area contributed by atoms with Crippen molar-refractivity contribution in [2.75, 3.05) is 40.0 Å². The number of ether oxygens (including phenoxy) is 2. The molecule has 0 atom stereocenters. The lowest BCUT2D eigenvalue weighted by molar-refractivity contribution is 0.0692. The Hall–Kier alpha value is -1.43. The first-order valence-electron chi connectivity index (χ1n) is 6.42. The third-order valence-corrected chi connectivity index (χ3v) is 2.59. The molecular weight excluding hydrogens is 244 g/mol. The summed E-state index contributed by atoms with van der Waals surface area (Å²) in [5.41, 5.74) is 7.23. The van der Waals surface area contributed by atoms with Crippen molar-refractivity contribution in [2.45, 2.75) is 6.42 Å². The SMILES string of the molecule is COCCOCCNC(=O)c1cccc(CCN)c1. The van der Waals surface area contributed by atoms with E-state index in [0.29, 0.717) is 38.5 Å². The highest BCUT2D eigenvalue weighted by Gasteiger charge is 2.05. The predicted molar refractivity (Wildman–Crippen MR) is 74.2 cm³/mol. The van der Waals surface area contributed by atoms with Crippen molar-refractivity contribution in [2.24, 2.45) is 5.73 Å². The fraction of sp³-hybridized carbons (Fsp3) is 0.500. The molecule has 0 aliphatic heterocycles. The van der Waals surface area contributed by atoms with Crippen molar-refractivity contribution in [1.29, 1.82) is 0 Å². The van der Waals surface area contributed by atoms with Gasteiger partial charge in [0.2, 0.25) is 0 Å². The molecule has 0 heterocycles. The van der Waals surface area contributed by atoms with Crippen LogP contribution in [-0.2, 0) is 15.9 Å². The van der Waals surface area contributed by atoms with E-state index in [1.165, 1.54) is 0 Å². The Morgan fingerprint density at radius 1 is 1.32 bits per heavy atom. The third-order valence-electron chi connectivity index (χ3n) is 2.59. The monoisotopic (exact) mass is 266 g/mol. The first-order chi connectivity index (χ1) is 9.27. The van der Waals surface area contributed by atoms with Crippen LogP contribution in [0.4, 0.5) is 0 Å². The number of rotatable bonds is 9. The first kappa shape index (κ1) is 15.6. The number of carbonyl (C=O) groups is 1. The molecule has 0 bridgehead atoms. The zero-order valence-corrected chi connectivity index (χ0v) is 11.4. The Kier molecular flexibility index (Phi) is 7.81. The molecule has 0 saturated heterocycles. The van der Waals surface area contributed by atoms with E-state index in [1.54, 1.807) is 13.2 Å². The standard InChI is InChI=1S/C14H22N2O3/c1-18-9-10-19-8-7-16-14(17)13-4-2-3-12(11-13)5-6-15/h2-4,11H,5-10,15H2,1H3,(H,16,17).